The number of likely N-dealkylation sites (N-methyl/N-ethyl adjacent to an activating group) is 2. The molecule has 1 aliphatic carbocycles. The van der Waals surface area contributed by atoms with Gasteiger partial charge in [0.1, 0.15) is 0 Å². The lowest BCUT2D eigenvalue weighted by atomic mass is 9.88. The molecule has 1 saturated carbocycles. The van der Waals surface area contributed by atoms with Gasteiger partial charge >= 0.3 is 0 Å². The van der Waals surface area contributed by atoms with E-state index in [9.17, 15) is 5.11 Å². The molecule has 2 atom stereocenters. The zero-order valence-electron chi connectivity index (χ0n) is 11.4. The molecule has 1 saturated heterocycles. The first-order valence-corrected chi connectivity index (χ1v) is 7.25. The Morgan fingerprint density at radius 3 is 2.29 bits per heavy atom. The van der Waals surface area contributed by atoms with Gasteiger partial charge in [0, 0.05) is 25.7 Å². The summed E-state index contributed by atoms with van der Waals surface area (Å²) in [7, 11) is 4.33. The molecule has 0 amide bonds. The lowest BCUT2D eigenvalue weighted by molar-refractivity contribution is -0.0193. The predicted octanol–water partition coefficient (Wildman–Crippen LogP) is 1.56. The molecule has 0 bridgehead atoms. The number of hydrogen-bond acceptors (Lipinski definition) is 3. The zero-order valence-corrected chi connectivity index (χ0v) is 11.4. The minimum Gasteiger partial charge on any atom is -0.391 e. The van der Waals surface area contributed by atoms with Crippen LogP contribution in [0, 0.1) is 5.92 Å². The van der Waals surface area contributed by atoms with Crippen molar-refractivity contribution in [1.82, 2.24) is 9.80 Å². The van der Waals surface area contributed by atoms with Crippen molar-refractivity contribution in [2.75, 3.05) is 33.7 Å². The highest BCUT2D eigenvalue weighted by molar-refractivity contribution is 4.88. The highest BCUT2D eigenvalue weighted by atomic mass is 16.3. The Balaban J connectivity index is 1.94. The molecule has 3 heteroatoms. The Morgan fingerprint density at radius 2 is 1.65 bits per heavy atom. The fourth-order valence-corrected chi connectivity index (χ4v) is 3.38. The molecule has 1 heterocycles. The third-order valence-corrected chi connectivity index (χ3v) is 4.68. The van der Waals surface area contributed by atoms with Gasteiger partial charge in [0.2, 0.25) is 0 Å². The third-order valence-electron chi connectivity index (χ3n) is 4.68. The van der Waals surface area contributed by atoms with Crippen molar-refractivity contribution in [3.63, 3.8) is 0 Å². The van der Waals surface area contributed by atoms with E-state index in [-0.39, 0.29) is 6.10 Å². The van der Waals surface area contributed by atoms with Gasteiger partial charge in [-0.15, -0.1) is 0 Å². The first-order valence-electron chi connectivity index (χ1n) is 7.25. The normalized spacial score (nSPS) is 32.3. The van der Waals surface area contributed by atoms with Crippen molar-refractivity contribution in [3.05, 3.63) is 0 Å². The summed E-state index contributed by atoms with van der Waals surface area (Å²) in [5.74, 6) is 0.538. The SMILES string of the molecule is CN1CCN(C)C(C(O)C2CCCCCC2)C1. The molecule has 2 aliphatic rings. The zero-order chi connectivity index (χ0) is 12.3. The Labute approximate surface area is 106 Å². The number of aliphatic hydroxyl groups excluding tert-OH is 1. The average Bonchev–Trinajstić information content (AvgIpc) is 2.60. The molecule has 0 aromatic rings. The Bertz CT molecular complexity index is 226. The molecule has 0 spiro atoms. The first kappa shape index (κ1) is 13.3. The number of hydrogen-bond donors (Lipinski definition) is 1. The van der Waals surface area contributed by atoms with Crippen LogP contribution in [-0.4, -0.2) is 60.8 Å². The van der Waals surface area contributed by atoms with Gasteiger partial charge in [-0.05, 0) is 32.9 Å². The van der Waals surface area contributed by atoms with Crippen LogP contribution in [0.5, 0.6) is 0 Å². The number of piperazine rings is 1. The van der Waals surface area contributed by atoms with Gasteiger partial charge < -0.3 is 10.0 Å². The summed E-state index contributed by atoms with van der Waals surface area (Å²) in [5.41, 5.74) is 0. The second-order valence-corrected chi connectivity index (χ2v) is 6.05. The highest BCUT2D eigenvalue weighted by Crippen LogP contribution is 2.28. The maximum absolute atomic E-state index is 10.6. The van der Waals surface area contributed by atoms with Gasteiger partial charge in [-0.3, -0.25) is 4.90 Å². The molecule has 1 N–H and O–H groups in total. The van der Waals surface area contributed by atoms with E-state index < -0.39 is 0 Å². The summed E-state index contributed by atoms with van der Waals surface area (Å²) >= 11 is 0. The summed E-state index contributed by atoms with van der Waals surface area (Å²) in [5, 5.41) is 10.6. The van der Waals surface area contributed by atoms with Crippen molar-refractivity contribution in [1.29, 1.82) is 0 Å². The van der Waals surface area contributed by atoms with E-state index in [0.29, 0.717) is 12.0 Å². The van der Waals surface area contributed by atoms with Crippen LogP contribution in [0.15, 0.2) is 0 Å². The molecule has 1 aliphatic heterocycles. The van der Waals surface area contributed by atoms with Crippen LogP contribution in [-0.2, 0) is 0 Å². The summed E-state index contributed by atoms with van der Waals surface area (Å²) < 4.78 is 0. The Morgan fingerprint density at radius 1 is 1.00 bits per heavy atom. The molecule has 3 nitrogen and oxygen atoms in total. The van der Waals surface area contributed by atoms with Crippen molar-refractivity contribution in [2.45, 2.75) is 50.7 Å². The Kier molecular flexibility index (Phi) is 4.83. The minimum absolute atomic E-state index is 0.124. The molecule has 2 fully saturated rings. The van der Waals surface area contributed by atoms with E-state index in [4.69, 9.17) is 0 Å². The molecular formula is C14H28N2O. The van der Waals surface area contributed by atoms with Crippen LogP contribution in [0.2, 0.25) is 0 Å². The van der Waals surface area contributed by atoms with E-state index in [1.807, 2.05) is 0 Å². The fourth-order valence-electron chi connectivity index (χ4n) is 3.38. The quantitative estimate of drug-likeness (QED) is 0.742. The van der Waals surface area contributed by atoms with E-state index >= 15 is 0 Å². The monoisotopic (exact) mass is 240 g/mol. The topological polar surface area (TPSA) is 26.7 Å². The van der Waals surface area contributed by atoms with Gasteiger partial charge in [-0.25, -0.2) is 0 Å². The molecule has 100 valence electrons. The predicted molar refractivity (Wildman–Crippen MR) is 71.1 cm³/mol. The lowest BCUT2D eigenvalue weighted by Crippen LogP contribution is -2.56. The van der Waals surface area contributed by atoms with Gasteiger partial charge in [-0.1, -0.05) is 25.7 Å². The molecule has 2 unspecified atom stereocenters. The maximum atomic E-state index is 10.6. The van der Waals surface area contributed by atoms with Crippen molar-refractivity contribution in [2.24, 2.45) is 5.92 Å². The van der Waals surface area contributed by atoms with Crippen LogP contribution < -0.4 is 0 Å². The molecule has 0 aromatic carbocycles. The van der Waals surface area contributed by atoms with E-state index in [0.717, 1.165) is 19.6 Å². The molecular weight excluding hydrogens is 212 g/mol. The summed E-state index contributed by atoms with van der Waals surface area (Å²) in [4.78, 5) is 4.71. The largest absolute Gasteiger partial charge is 0.391 e. The van der Waals surface area contributed by atoms with Crippen molar-refractivity contribution < 1.29 is 5.11 Å². The van der Waals surface area contributed by atoms with Gasteiger partial charge in [0.25, 0.3) is 0 Å². The number of rotatable bonds is 2. The molecule has 0 aromatic heterocycles. The van der Waals surface area contributed by atoms with Crippen molar-refractivity contribution >= 4 is 0 Å². The van der Waals surface area contributed by atoms with Crippen molar-refractivity contribution in [3.8, 4) is 0 Å². The molecule has 0 radical (unpaired) electrons. The average molecular weight is 240 g/mol. The Hall–Kier alpha value is -0.120. The van der Waals surface area contributed by atoms with Crippen LogP contribution in [0.25, 0.3) is 0 Å². The molecule has 17 heavy (non-hydrogen) atoms. The van der Waals surface area contributed by atoms with Crippen LogP contribution >= 0.6 is 0 Å². The smallest absolute Gasteiger partial charge is 0.0735 e. The van der Waals surface area contributed by atoms with Crippen LogP contribution in [0.1, 0.15) is 38.5 Å². The van der Waals surface area contributed by atoms with E-state index in [1.54, 1.807) is 0 Å². The molecule has 2 rings (SSSR count). The summed E-state index contributed by atoms with van der Waals surface area (Å²) in [6, 6.07) is 0.344. The standard InChI is InChI=1S/C14H28N2O/c1-15-9-10-16(2)13(11-15)14(17)12-7-5-3-4-6-8-12/h12-14,17H,3-11H2,1-2H3. The summed E-state index contributed by atoms with van der Waals surface area (Å²) in [6.45, 7) is 3.24. The van der Waals surface area contributed by atoms with Gasteiger partial charge in [0.05, 0.1) is 6.10 Å². The first-order chi connectivity index (χ1) is 8.18. The van der Waals surface area contributed by atoms with Gasteiger partial charge in [-0.2, -0.15) is 0 Å². The van der Waals surface area contributed by atoms with E-state index in [2.05, 4.69) is 23.9 Å². The second-order valence-electron chi connectivity index (χ2n) is 6.05. The lowest BCUT2D eigenvalue weighted by Gasteiger charge is -2.42. The number of aliphatic hydroxyl groups is 1. The third kappa shape index (κ3) is 3.43. The van der Waals surface area contributed by atoms with E-state index in [1.165, 1.54) is 38.5 Å². The fraction of sp³-hybridized carbons (Fsp3) is 1.00. The van der Waals surface area contributed by atoms with Crippen LogP contribution in [0.3, 0.4) is 0 Å². The van der Waals surface area contributed by atoms with Crippen LogP contribution in [0.4, 0.5) is 0 Å². The minimum atomic E-state index is -0.124. The maximum Gasteiger partial charge on any atom is 0.0735 e. The number of nitrogens with zero attached hydrogens (tertiary/aromatic N) is 2. The second kappa shape index (κ2) is 6.17. The van der Waals surface area contributed by atoms with Gasteiger partial charge in [0.15, 0.2) is 0 Å². The highest BCUT2D eigenvalue weighted by Gasteiger charge is 2.33. The summed E-state index contributed by atoms with van der Waals surface area (Å²) in [6.07, 6.45) is 7.69.